The van der Waals surface area contributed by atoms with E-state index in [4.69, 9.17) is 0 Å². The number of ketones is 1. The number of rotatable bonds is 0. The molecule has 2 nitrogen and oxygen atoms in total. The number of hydrogen-bond donors (Lipinski definition) is 1. The molecule has 5 aliphatic rings. The van der Waals surface area contributed by atoms with E-state index in [1.807, 2.05) is 23.5 Å². The first-order valence-corrected chi connectivity index (χ1v) is 12.6. The Labute approximate surface area is 166 Å². The van der Waals surface area contributed by atoms with Crippen LogP contribution >= 0.6 is 23.5 Å². The molecule has 6 atom stereocenters. The van der Waals surface area contributed by atoms with Gasteiger partial charge in [0.25, 0.3) is 0 Å². The molecule has 3 saturated carbocycles. The molecule has 1 N–H and O–H groups in total. The van der Waals surface area contributed by atoms with Gasteiger partial charge in [-0.2, -0.15) is 0 Å². The Balaban J connectivity index is 1.49. The van der Waals surface area contributed by atoms with Crippen molar-refractivity contribution in [2.24, 2.45) is 28.6 Å². The largest absolute Gasteiger partial charge is 0.393 e. The van der Waals surface area contributed by atoms with Crippen molar-refractivity contribution in [3.8, 4) is 0 Å². The van der Waals surface area contributed by atoms with E-state index in [1.54, 1.807) is 0 Å². The van der Waals surface area contributed by atoms with Crippen molar-refractivity contribution in [3.63, 3.8) is 0 Å². The van der Waals surface area contributed by atoms with Crippen LogP contribution in [0.25, 0.3) is 0 Å². The van der Waals surface area contributed by atoms with Crippen molar-refractivity contribution >= 4 is 29.3 Å². The first-order chi connectivity index (χ1) is 12.4. The second-order valence-electron chi connectivity index (χ2n) is 9.95. The molecule has 26 heavy (non-hydrogen) atoms. The first-order valence-electron chi connectivity index (χ1n) is 10.6. The van der Waals surface area contributed by atoms with E-state index in [9.17, 15) is 9.90 Å². The molecule has 0 bridgehead atoms. The standard InChI is InChI=1S/C22H32O2S2/c1-20-8-6-15(23)12-14(20)4-5-16-17(20)7-9-21(2)18(16)13-22(19(21)24)25-10-3-11-26-22/h4,15-18,23H,3,5-13H2,1-2H3. The molecule has 0 aromatic carbocycles. The lowest BCUT2D eigenvalue weighted by Crippen LogP contribution is -2.50. The maximum absolute atomic E-state index is 13.6. The summed E-state index contributed by atoms with van der Waals surface area (Å²) >= 11 is 3.94. The van der Waals surface area contributed by atoms with Crippen molar-refractivity contribution in [1.82, 2.24) is 0 Å². The van der Waals surface area contributed by atoms with E-state index in [0.29, 0.717) is 17.6 Å². The van der Waals surface area contributed by atoms with Crippen molar-refractivity contribution < 1.29 is 9.90 Å². The van der Waals surface area contributed by atoms with Gasteiger partial charge in [0.1, 0.15) is 4.08 Å². The van der Waals surface area contributed by atoms with Crippen molar-refractivity contribution in [3.05, 3.63) is 11.6 Å². The first kappa shape index (κ1) is 18.1. The summed E-state index contributed by atoms with van der Waals surface area (Å²) in [5.74, 6) is 4.86. The van der Waals surface area contributed by atoms with Crippen LogP contribution in [0.3, 0.4) is 0 Å². The fourth-order valence-corrected chi connectivity index (χ4v) is 10.8. The molecule has 6 unspecified atom stereocenters. The van der Waals surface area contributed by atoms with Crippen LogP contribution in [-0.2, 0) is 4.79 Å². The van der Waals surface area contributed by atoms with Gasteiger partial charge in [-0.15, -0.1) is 23.5 Å². The van der Waals surface area contributed by atoms with Crippen LogP contribution < -0.4 is 0 Å². The predicted molar refractivity (Wildman–Crippen MR) is 110 cm³/mol. The average molecular weight is 393 g/mol. The van der Waals surface area contributed by atoms with Crippen LogP contribution in [0.15, 0.2) is 11.6 Å². The van der Waals surface area contributed by atoms with Crippen LogP contribution in [0.4, 0.5) is 0 Å². The molecule has 5 rings (SSSR count). The number of hydrogen-bond acceptors (Lipinski definition) is 4. The van der Waals surface area contributed by atoms with Gasteiger partial charge >= 0.3 is 0 Å². The van der Waals surface area contributed by atoms with Crippen molar-refractivity contribution in [2.75, 3.05) is 11.5 Å². The van der Waals surface area contributed by atoms with Gasteiger partial charge in [-0.25, -0.2) is 0 Å². The number of aliphatic hydroxyl groups excluding tert-OH is 1. The van der Waals surface area contributed by atoms with E-state index in [1.165, 1.54) is 18.4 Å². The Morgan fingerprint density at radius 1 is 1.08 bits per heavy atom. The van der Waals surface area contributed by atoms with Crippen molar-refractivity contribution in [2.45, 2.75) is 75.4 Å². The minimum Gasteiger partial charge on any atom is -0.393 e. The molecule has 4 fully saturated rings. The zero-order chi connectivity index (χ0) is 18.2. The molecule has 1 heterocycles. The van der Waals surface area contributed by atoms with Gasteiger partial charge in [-0.1, -0.05) is 25.5 Å². The lowest BCUT2D eigenvalue weighted by Gasteiger charge is -2.56. The number of Topliss-reactive ketones (excluding diaryl/α,β-unsaturated/α-hetero) is 1. The Hall–Kier alpha value is 0.0700. The molecule has 0 amide bonds. The minimum absolute atomic E-state index is 0.0889. The highest BCUT2D eigenvalue weighted by atomic mass is 32.2. The number of allylic oxidation sites excluding steroid dienone is 1. The number of carbonyl (C=O) groups excluding carboxylic acids is 1. The van der Waals surface area contributed by atoms with E-state index in [2.05, 4.69) is 19.9 Å². The molecular weight excluding hydrogens is 360 g/mol. The van der Waals surface area contributed by atoms with Crippen molar-refractivity contribution in [1.29, 1.82) is 0 Å². The zero-order valence-electron chi connectivity index (χ0n) is 16.1. The lowest BCUT2D eigenvalue weighted by molar-refractivity contribution is -0.132. The summed E-state index contributed by atoms with van der Waals surface area (Å²) in [5, 5.41) is 10.2. The Morgan fingerprint density at radius 3 is 2.58 bits per heavy atom. The van der Waals surface area contributed by atoms with Crippen LogP contribution in [0.5, 0.6) is 0 Å². The molecule has 144 valence electrons. The van der Waals surface area contributed by atoms with Gasteiger partial charge in [0, 0.05) is 5.41 Å². The van der Waals surface area contributed by atoms with Gasteiger partial charge in [0.05, 0.1) is 6.10 Å². The summed E-state index contributed by atoms with van der Waals surface area (Å²) in [6.45, 7) is 4.79. The van der Waals surface area contributed by atoms with E-state index < -0.39 is 0 Å². The Kier molecular flexibility index (Phi) is 4.20. The summed E-state index contributed by atoms with van der Waals surface area (Å²) in [6.07, 6.45) is 11.1. The zero-order valence-corrected chi connectivity index (χ0v) is 17.8. The smallest absolute Gasteiger partial charge is 0.165 e. The molecule has 0 aromatic rings. The maximum atomic E-state index is 13.6. The van der Waals surface area contributed by atoms with Crippen LogP contribution in [0.2, 0.25) is 0 Å². The van der Waals surface area contributed by atoms with E-state index >= 15 is 0 Å². The summed E-state index contributed by atoms with van der Waals surface area (Å²) in [7, 11) is 0. The van der Waals surface area contributed by atoms with Gasteiger partial charge in [0.15, 0.2) is 5.78 Å². The third kappa shape index (κ3) is 2.33. The highest BCUT2D eigenvalue weighted by Crippen LogP contribution is 2.69. The van der Waals surface area contributed by atoms with Crippen LogP contribution in [0, 0.1) is 28.6 Å². The highest BCUT2D eigenvalue weighted by Gasteiger charge is 2.66. The number of aliphatic hydroxyl groups is 1. The number of thioether (sulfide) groups is 2. The molecule has 1 saturated heterocycles. The molecule has 1 spiro atoms. The molecular formula is C22H32O2S2. The van der Waals surface area contributed by atoms with E-state index in [-0.39, 0.29) is 21.0 Å². The summed E-state index contributed by atoms with van der Waals surface area (Å²) in [6, 6.07) is 0. The molecule has 0 aromatic heterocycles. The number of fused-ring (bicyclic) bond motifs is 5. The lowest BCUT2D eigenvalue weighted by atomic mass is 9.48. The fraction of sp³-hybridized carbons (Fsp3) is 0.864. The summed E-state index contributed by atoms with van der Waals surface area (Å²) < 4.78 is -0.125. The topological polar surface area (TPSA) is 37.3 Å². The SMILES string of the molecule is CC12CCC3C(CC=C4CC(O)CCC43C)C1CC1(SCCCS1)C2=O. The molecule has 4 aliphatic carbocycles. The summed E-state index contributed by atoms with van der Waals surface area (Å²) in [5.41, 5.74) is 1.71. The Morgan fingerprint density at radius 2 is 1.81 bits per heavy atom. The summed E-state index contributed by atoms with van der Waals surface area (Å²) in [4.78, 5) is 13.6. The van der Waals surface area contributed by atoms with Gasteiger partial charge in [-0.3, -0.25) is 4.79 Å². The molecule has 4 heteroatoms. The fourth-order valence-electron chi connectivity index (χ4n) is 7.26. The quantitative estimate of drug-likeness (QED) is 0.585. The van der Waals surface area contributed by atoms with E-state index in [0.717, 1.165) is 55.9 Å². The van der Waals surface area contributed by atoms with Gasteiger partial charge < -0.3 is 5.11 Å². The average Bonchev–Trinajstić information content (AvgIpc) is 2.85. The highest BCUT2D eigenvalue weighted by molar-refractivity contribution is 8.20. The molecule has 0 radical (unpaired) electrons. The van der Waals surface area contributed by atoms with Crippen LogP contribution in [-0.4, -0.2) is 32.6 Å². The minimum atomic E-state index is -0.133. The third-order valence-corrected chi connectivity index (χ3v) is 12.1. The second kappa shape index (κ2) is 6.03. The molecule has 1 aliphatic heterocycles. The number of carbonyl (C=O) groups is 1. The monoisotopic (exact) mass is 392 g/mol. The second-order valence-corrected chi connectivity index (χ2v) is 13.0. The normalized spacial score (nSPS) is 50.0. The van der Waals surface area contributed by atoms with Gasteiger partial charge in [-0.05, 0) is 86.0 Å². The predicted octanol–water partition coefficient (Wildman–Crippen LogP) is 5.06. The maximum Gasteiger partial charge on any atom is 0.165 e. The van der Waals surface area contributed by atoms with Crippen LogP contribution in [0.1, 0.15) is 65.2 Å². The third-order valence-electron chi connectivity index (χ3n) is 8.78. The Bertz CT molecular complexity index is 653. The van der Waals surface area contributed by atoms with Gasteiger partial charge in [0.2, 0.25) is 0 Å².